The minimum absolute atomic E-state index is 0.544. The molecule has 2 atom stereocenters. The summed E-state index contributed by atoms with van der Waals surface area (Å²) < 4.78 is 5.59. The van der Waals surface area contributed by atoms with E-state index in [-0.39, 0.29) is 0 Å². The van der Waals surface area contributed by atoms with Crippen molar-refractivity contribution in [1.29, 1.82) is 0 Å². The molecule has 2 unspecified atom stereocenters. The van der Waals surface area contributed by atoms with Crippen molar-refractivity contribution in [3.63, 3.8) is 0 Å². The molecule has 1 fully saturated rings. The third-order valence-electron chi connectivity index (χ3n) is 2.64. The van der Waals surface area contributed by atoms with Crippen LogP contribution in [0.3, 0.4) is 0 Å². The van der Waals surface area contributed by atoms with E-state index in [0.717, 1.165) is 18.3 Å². The van der Waals surface area contributed by atoms with E-state index in [0.29, 0.717) is 6.10 Å². The van der Waals surface area contributed by atoms with Crippen molar-refractivity contribution in [2.45, 2.75) is 38.7 Å². The predicted molar refractivity (Wildman–Crippen MR) is 68.6 cm³/mol. The molecular formula is C11H22OS2. The maximum Gasteiger partial charge on any atom is 0.0666 e. The van der Waals surface area contributed by atoms with E-state index >= 15 is 0 Å². The Balaban J connectivity index is 2.00. The molecule has 1 heterocycles. The van der Waals surface area contributed by atoms with Crippen molar-refractivity contribution in [2.75, 3.05) is 23.9 Å². The van der Waals surface area contributed by atoms with Crippen LogP contribution in [0.5, 0.6) is 0 Å². The van der Waals surface area contributed by atoms with Gasteiger partial charge in [0.2, 0.25) is 0 Å². The lowest BCUT2D eigenvalue weighted by Gasteiger charge is -2.14. The van der Waals surface area contributed by atoms with Gasteiger partial charge in [0, 0.05) is 12.4 Å². The summed E-state index contributed by atoms with van der Waals surface area (Å²) in [7, 11) is 0. The number of thioether (sulfide) groups is 1. The molecule has 0 saturated carbocycles. The summed E-state index contributed by atoms with van der Waals surface area (Å²) in [6.07, 6.45) is 5.68. The highest BCUT2D eigenvalue weighted by atomic mass is 32.2. The summed E-state index contributed by atoms with van der Waals surface area (Å²) in [4.78, 5) is 0. The zero-order valence-corrected chi connectivity index (χ0v) is 10.8. The minimum Gasteiger partial charge on any atom is -0.377 e. The molecule has 0 spiro atoms. The zero-order valence-electron chi connectivity index (χ0n) is 9.08. The van der Waals surface area contributed by atoms with Gasteiger partial charge in [0.15, 0.2) is 0 Å². The van der Waals surface area contributed by atoms with Gasteiger partial charge in [-0.05, 0) is 36.7 Å². The number of hydrogen-bond acceptors (Lipinski definition) is 3. The summed E-state index contributed by atoms with van der Waals surface area (Å²) in [6.45, 7) is 3.23. The van der Waals surface area contributed by atoms with Crippen LogP contribution >= 0.6 is 24.4 Å². The Morgan fingerprint density at radius 2 is 2.43 bits per heavy atom. The molecule has 1 nitrogen and oxygen atoms in total. The van der Waals surface area contributed by atoms with Gasteiger partial charge < -0.3 is 4.74 Å². The molecule has 0 radical (unpaired) electrons. The Bertz CT molecular complexity index is 135. The van der Waals surface area contributed by atoms with E-state index in [4.69, 9.17) is 4.74 Å². The first-order valence-corrected chi connectivity index (χ1v) is 7.45. The van der Waals surface area contributed by atoms with Crippen LogP contribution in [0.1, 0.15) is 32.6 Å². The van der Waals surface area contributed by atoms with E-state index < -0.39 is 0 Å². The summed E-state index contributed by atoms with van der Waals surface area (Å²) in [5, 5.41) is 0. The zero-order chi connectivity index (χ0) is 10.2. The van der Waals surface area contributed by atoms with Crippen molar-refractivity contribution in [1.82, 2.24) is 0 Å². The average molecular weight is 234 g/mol. The van der Waals surface area contributed by atoms with Crippen molar-refractivity contribution in [2.24, 2.45) is 5.92 Å². The second-order valence-corrected chi connectivity index (χ2v) is 5.45. The van der Waals surface area contributed by atoms with Crippen molar-refractivity contribution >= 4 is 24.4 Å². The highest BCUT2D eigenvalue weighted by Crippen LogP contribution is 2.21. The van der Waals surface area contributed by atoms with Crippen LogP contribution in [0.2, 0.25) is 0 Å². The molecule has 0 N–H and O–H groups in total. The Morgan fingerprint density at radius 1 is 1.57 bits per heavy atom. The van der Waals surface area contributed by atoms with Gasteiger partial charge >= 0.3 is 0 Å². The van der Waals surface area contributed by atoms with Crippen LogP contribution in [0.15, 0.2) is 0 Å². The minimum atomic E-state index is 0.544. The lowest BCUT2D eigenvalue weighted by atomic mass is 10.1. The van der Waals surface area contributed by atoms with Crippen LogP contribution in [0.25, 0.3) is 0 Å². The van der Waals surface area contributed by atoms with Gasteiger partial charge in [0.1, 0.15) is 0 Å². The molecule has 84 valence electrons. The number of rotatable bonds is 7. The van der Waals surface area contributed by atoms with E-state index in [2.05, 4.69) is 19.6 Å². The quantitative estimate of drug-likeness (QED) is 0.677. The third-order valence-corrected chi connectivity index (χ3v) is 4.47. The van der Waals surface area contributed by atoms with E-state index in [1.54, 1.807) is 0 Å². The Hall–Kier alpha value is 0.660. The van der Waals surface area contributed by atoms with Gasteiger partial charge in [0.25, 0.3) is 0 Å². The lowest BCUT2D eigenvalue weighted by molar-refractivity contribution is 0.129. The second kappa shape index (κ2) is 7.89. The molecule has 1 aliphatic rings. The first-order valence-electron chi connectivity index (χ1n) is 5.67. The number of hydrogen-bond donors (Lipinski definition) is 1. The maximum atomic E-state index is 5.59. The normalized spacial score (nSPS) is 24.0. The molecule has 0 aromatic heterocycles. The van der Waals surface area contributed by atoms with Gasteiger partial charge in [-0.25, -0.2) is 0 Å². The van der Waals surface area contributed by atoms with Gasteiger partial charge in [-0.3, -0.25) is 0 Å². The molecule has 1 rings (SSSR count). The van der Waals surface area contributed by atoms with Gasteiger partial charge in [0.05, 0.1) is 6.10 Å². The molecular weight excluding hydrogens is 212 g/mol. The molecule has 0 aromatic rings. The molecule has 0 aromatic carbocycles. The fourth-order valence-corrected chi connectivity index (χ4v) is 3.54. The van der Waals surface area contributed by atoms with Crippen LogP contribution in [0.4, 0.5) is 0 Å². The molecule has 1 saturated heterocycles. The monoisotopic (exact) mass is 234 g/mol. The lowest BCUT2D eigenvalue weighted by Crippen LogP contribution is -2.12. The summed E-state index contributed by atoms with van der Waals surface area (Å²) in [6, 6.07) is 0. The highest BCUT2D eigenvalue weighted by molar-refractivity contribution is 7.99. The fourth-order valence-electron chi connectivity index (χ4n) is 1.78. The van der Waals surface area contributed by atoms with Crippen LogP contribution in [-0.4, -0.2) is 30.0 Å². The van der Waals surface area contributed by atoms with E-state index in [1.807, 2.05) is 11.8 Å². The van der Waals surface area contributed by atoms with Crippen molar-refractivity contribution in [3.05, 3.63) is 0 Å². The molecule has 1 aliphatic heterocycles. The standard InChI is InChI=1S/C11H22OS2/c1-2-4-10(7-13)8-14-9-11-5-3-6-12-11/h10-11,13H,2-9H2,1H3. The Labute approximate surface area is 97.8 Å². The van der Waals surface area contributed by atoms with Crippen LogP contribution < -0.4 is 0 Å². The number of thiol groups is 1. The van der Waals surface area contributed by atoms with E-state index in [1.165, 1.54) is 37.2 Å². The van der Waals surface area contributed by atoms with Crippen LogP contribution in [0, 0.1) is 5.92 Å². The van der Waals surface area contributed by atoms with Crippen molar-refractivity contribution < 1.29 is 4.74 Å². The first-order chi connectivity index (χ1) is 6.86. The molecule has 3 heteroatoms. The predicted octanol–water partition coefficient (Wildman–Crippen LogP) is 3.24. The Kier molecular flexibility index (Phi) is 7.17. The van der Waals surface area contributed by atoms with Crippen molar-refractivity contribution in [3.8, 4) is 0 Å². The smallest absolute Gasteiger partial charge is 0.0666 e. The van der Waals surface area contributed by atoms with Crippen LogP contribution in [-0.2, 0) is 4.74 Å². The molecule has 0 bridgehead atoms. The average Bonchev–Trinajstić information content (AvgIpc) is 2.69. The van der Waals surface area contributed by atoms with E-state index in [9.17, 15) is 0 Å². The van der Waals surface area contributed by atoms with Gasteiger partial charge in [-0.2, -0.15) is 24.4 Å². The summed E-state index contributed by atoms with van der Waals surface area (Å²) in [5.41, 5.74) is 0. The largest absolute Gasteiger partial charge is 0.377 e. The van der Waals surface area contributed by atoms with Gasteiger partial charge in [-0.15, -0.1) is 0 Å². The van der Waals surface area contributed by atoms with Gasteiger partial charge in [-0.1, -0.05) is 13.3 Å². The SMILES string of the molecule is CCCC(CS)CSCC1CCCO1. The topological polar surface area (TPSA) is 9.23 Å². The highest BCUT2D eigenvalue weighted by Gasteiger charge is 2.15. The molecule has 14 heavy (non-hydrogen) atoms. The molecule has 0 amide bonds. The number of ether oxygens (including phenoxy) is 1. The summed E-state index contributed by atoms with van der Waals surface area (Å²) >= 11 is 6.44. The third kappa shape index (κ3) is 4.94. The first kappa shape index (κ1) is 12.7. The second-order valence-electron chi connectivity index (χ2n) is 4.01. The maximum absolute atomic E-state index is 5.59. The Morgan fingerprint density at radius 3 is 3.00 bits per heavy atom. The summed E-state index contributed by atoms with van der Waals surface area (Å²) in [5.74, 6) is 4.28. The molecule has 0 aliphatic carbocycles. The fraction of sp³-hybridized carbons (Fsp3) is 1.00.